The molecule has 0 spiro atoms. The molecule has 1 atom stereocenters. The van der Waals surface area contributed by atoms with Gasteiger partial charge in [0.15, 0.2) is 0 Å². The maximum atomic E-state index is 13.3. The zero-order valence-electron chi connectivity index (χ0n) is 17.1. The van der Waals surface area contributed by atoms with Crippen LogP contribution in [0.5, 0.6) is 0 Å². The van der Waals surface area contributed by atoms with Gasteiger partial charge < -0.3 is 10.6 Å². The molecule has 1 heterocycles. The third kappa shape index (κ3) is 4.72. The Morgan fingerprint density at radius 2 is 1.64 bits per heavy atom. The van der Waals surface area contributed by atoms with Gasteiger partial charge in [0.2, 0.25) is 11.8 Å². The van der Waals surface area contributed by atoms with Gasteiger partial charge in [-0.15, -0.1) is 0 Å². The maximum Gasteiger partial charge on any atom is 0.416 e. The van der Waals surface area contributed by atoms with Crippen LogP contribution in [0.2, 0.25) is 0 Å². The minimum absolute atomic E-state index is 0.0626. The van der Waals surface area contributed by atoms with Gasteiger partial charge in [-0.2, -0.15) is 13.2 Å². The van der Waals surface area contributed by atoms with E-state index in [2.05, 4.69) is 10.6 Å². The second-order valence-electron chi connectivity index (χ2n) is 7.39. The fraction of sp³-hybridized carbons (Fsp3) is 0.125. The summed E-state index contributed by atoms with van der Waals surface area (Å²) in [5.41, 5.74) is 0.187. The first kappa shape index (κ1) is 22.1. The molecule has 3 amide bonds. The lowest BCUT2D eigenvalue weighted by Gasteiger charge is -2.36. The van der Waals surface area contributed by atoms with Gasteiger partial charge in [-0.05, 0) is 42.5 Å². The highest BCUT2D eigenvalue weighted by molar-refractivity contribution is 6.17. The lowest BCUT2D eigenvalue weighted by molar-refractivity contribution is -0.137. The fourth-order valence-corrected chi connectivity index (χ4v) is 3.61. The van der Waals surface area contributed by atoms with Crippen molar-refractivity contribution in [2.45, 2.75) is 18.6 Å². The van der Waals surface area contributed by atoms with Crippen LogP contribution in [0, 0.1) is 0 Å². The number of hydrogen-bond acceptors (Lipinski definition) is 3. The third-order valence-corrected chi connectivity index (χ3v) is 5.13. The van der Waals surface area contributed by atoms with Gasteiger partial charge in [-0.25, -0.2) is 0 Å². The fourth-order valence-electron chi connectivity index (χ4n) is 3.61. The number of halogens is 3. The van der Waals surface area contributed by atoms with Crippen LogP contribution in [0.25, 0.3) is 0 Å². The number of amides is 3. The second kappa shape index (κ2) is 8.78. The molecule has 2 N–H and O–H groups in total. The Morgan fingerprint density at radius 3 is 2.36 bits per heavy atom. The topological polar surface area (TPSA) is 78.5 Å². The van der Waals surface area contributed by atoms with E-state index >= 15 is 0 Å². The quantitative estimate of drug-likeness (QED) is 0.601. The average molecular weight is 453 g/mol. The molecule has 0 aromatic heterocycles. The van der Waals surface area contributed by atoms with Crippen LogP contribution in [0.15, 0.2) is 78.9 Å². The average Bonchev–Trinajstić information content (AvgIpc) is 2.79. The maximum absolute atomic E-state index is 13.3. The van der Waals surface area contributed by atoms with Crippen LogP contribution in [0.4, 0.5) is 30.2 Å². The number of nitrogens with zero attached hydrogens (tertiary/aromatic N) is 1. The number of benzene rings is 3. The summed E-state index contributed by atoms with van der Waals surface area (Å²) in [4.78, 5) is 40.1. The highest BCUT2D eigenvalue weighted by atomic mass is 19.4. The highest BCUT2D eigenvalue weighted by Gasteiger charge is 2.38. The Bertz CT molecular complexity index is 1210. The molecule has 3 aromatic rings. The van der Waals surface area contributed by atoms with Gasteiger partial charge in [0.05, 0.1) is 23.4 Å². The monoisotopic (exact) mass is 453 g/mol. The zero-order chi connectivity index (χ0) is 23.6. The molecular weight excluding hydrogens is 435 g/mol. The Hall–Kier alpha value is -4.14. The number of anilines is 3. The van der Waals surface area contributed by atoms with Gasteiger partial charge in [-0.3, -0.25) is 19.3 Å². The van der Waals surface area contributed by atoms with E-state index < -0.39 is 41.9 Å². The van der Waals surface area contributed by atoms with Gasteiger partial charge in [-0.1, -0.05) is 36.4 Å². The molecule has 6 nitrogen and oxygen atoms in total. The van der Waals surface area contributed by atoms with E-state index in [0.717, 1.165) is 12.1 Å². The first-order chi connectivity index (χ1) is 15.7. The summed E-state index contributed by atoms with van der Waals surface area (Å²) in [6.07, 6.45) is -5.01. The summed E-state index contributed by atoms with van der Waals surface area (Å²) in [5.74, 6) is -1.76. The number of carbonyl (C=O) groups excluding carboxylic acids is 3. The van der Waals surface area contributed by atoms with Crippen molar-refractivity contribution in [3.8, 4) is 0 Å². The molecule has 0 radical (unpaired) electrons. The molecule has 0 unspecified atom stereocenters. The van der Waals surface area contributed by atoms with E-state index in [9.17, 15) is 27.6 Å². The van der Waals surface area contributed by atoms with Crippen molar-refractivity contribution in [2.75, 3.05) is 15.5 Å². The van der Waals surface area contributed by atoms with Crippen LogP contribution in [0.1, 0.15) is 22.3 Å². The Balaban J connectivity index is 1.62. The van der Waals surface area contributed by atoms with Crippen molar-refractivity contribution < 1.29 is 27.6 Å². The highest BCUT2D eigenvalue weighted by Crippen LogP contribution is 2.34. The summed E-state index contributed by atoms with van der Waals surface area (Å²) >= 11 is 0. The van der Waals surface area contributed by atoms with Crippen molar-refractivity contribution in [3.63, 3.8) is 0 Å². The zero-order valence-corrected chi connectivity index (χ0v) is 17.1. The predicted octanol–water partition coefficient (Wildman–Crippen LogP) is 4.70. The van der Waals surface area contributed by atoms with Crippen LogP contribution in [-0.4, -0.2) is 23.8 Å². The van der Waals surface area contributed by atoms with Gasteiger partial charge in [0.25, 0.3) is 5.91 Å². The lowest BCUT2D eigenvalue weighted by Crippen LogP contribution is -2.52. The lowest BCUT2D eigenvalue weighted by atomic mass is 10.0. The van der Waals surface area contributed by atoms with E-state index in [1.807, 2.05) is 0 Å². The SMILES string of the molecule is O=C(C[C@H]1C(=O)Nc2ccccc2N1C(=O)c1ccccc1)Nc1cccc(C(F)(F)F)c1. The normalized spacial score (nSPS) is 15.4. The van der Waals surface area contributed by atoms with E-state index in [0.29, 0.717) is 16.9 Å². The minimum atomic E-state index is -4.56. The summed E-state index contributed by atoms with van der Waals surface area (Å²) < 4.78 is 38.9. The third-order valence-electron chi connectivity index (χ3n) is 5.13. The van der Waals surface area contributed by atoms with Crippen molar-refractivity contribution in [2.24, 2.45) is 0 Å². The van der Waals surface area contributed by atoms with E-state index in [4.69, 9.17) is 0 Å². The smallest absolute Gasteiger partial charge is 0.326 e. The minimum Gasteiger partial charge on any atom is -0.326 e. The van der Waals surface area contributed by atoms with E-state index in [1.54, 1.807) is 54.6 Å². The standard InChI is InChI=1S/C24H18F3N3O3/c25-24(26,27)16-9-6-10-17(13-16)28-21(31)14-20-22(32)29-18-11-4-5-12-19(18)30(20)23(33)15-7-2-1-3-8-15/h1-13,20H,14H2,(H,28,31)(H,29,32)/t20-/m0/s1. The van der Waals surface area contributed by atoms with Crippen LogP contribution >= 0.6 is 0 Å². The predicted molar refractivity (Wildman–Crippen MR) is 117 cm³/mol. The van der Waals surface area contributed by atoms with Crippen molar-refractivity contribution in [1.82, 2.24) is 0 Å². The van der Waals surface area contributed by atoms with Crippen molar-refractivity contribution in [1.29, 1.82) is 0 Å². The number of carbonyl (C=O) groups is 3. The van der Waals surface area contributed by atoms with Crippen molar-refractivity contribution >= 4 is 34.8 Å². The number of rotatable bonds is 4. The first-order valence-corrected chi connectivity index (χ1v) is 9.99. The molecule has 168 valence electrons. The summed E-state index contributed by atoms with van der Waals surface area (Å²) in [6.45, 7) is 0. The van der Waals surface area contributed by atoms with E-state index in [-0.39, 0.29) is 5.69 Å². The molecule has 33 heavy (non-hydrogen) atoms. The Labute approximate surface area is 187 Å². The largest absolute Gasteiger partial charge is 0.416 e. The van der Waals surface area contributed by atoms with Crippen molar-refractivity contribution in [3.05, 3.63) is 90.0 Å². The molecule has 0 saturated carbocycles. The van der Waals surface area contributed by atoms with Gasteiger partial charge in [0, 0.05) is 11.3 Å². The molecular formula is C24H18F3N3O3. The number of nitrogens with one attached hydrogen (secondary N) is 2. The first-order valence-electron chi connectivity index (χ1n) is 9.99. The molecule has 1 aliphatic heterocycles. The van der Waals surface area contributed by atoms with Gasteiger partial charge >= 0.3 is 6.18 Å². The molecule has 0 fully saturated rings. The Kier molecular flexibility index (Phi) is 5.87. The summed E-state index contributed by atoms with van der Waals surface area (Å²) in [6, 6.07) is 18.0. The van der Waals surface area contributed by atoms with Crippen LogP contribution in [-0.2, 0) is 15.8 Å². The van der Waals surface area contributed by atoms with E-state index in [1.165, 1.54) is 17.0 Å². The van der Waals surface area contributed by atoms with Crippen LogP contribution < -0.4 is 15.5 Å². The molecule has 0 aliphatic carbocycles. The number of hydrogen-bond donors (Lipinski definition) is 2. The molecule has 0 bridgehead atoms. The molecule has 1 aliphatic rings. The molecule has 0 saturated heterocycles. The number of fused-ring (bicyclic) bond motifs is 1. The second-order valence-corrected chi connectivity index (χ2v) is 7.39. The summed E-state index contributed by atoms with van der Waals surface area (Å²) in [7, 11) is 0. The molecule has 9 heteroatoms. The number of alkyl halides is 3. The molecule has 4 rings (SSSR count). The summed E-state index contributed by atoms with van der Waals surface area (Å²) in [5, 5.41) is 5.07. The molecule has 3 aromatic carbocycles. The Morgan fingerprint density at radius 1 is 0.939 bits per heavy atom. The van der Waals surface area contributed by atoms with Gasteiger partial charge in [0.1, 0.15) is 6.04 Å². The van der Waals surface area contributed by atoms with Crippen LogP contribution in [0.3, 0.4) is 0 Å². The number of para-hydroxylation sites is 2.